The van der Waals surface area contributed by atoms with Crippen LogP contribution < -0.4 is 0 Å². The van der Waals surface area contributed by atoms with Gasteiger partial charge in [0.15, 0.2) is 0 Å². The number of aryl methyl sites for hydroxylation is 6. The fraction of sp³-hybridized carbons (Fsp3) is 0.464. The van der Waals surface area contributed by atoms with Gasteiger partial charge in [0.2, 0.25) is 0 Å². The molecule has 10 nitrogen and oxygen atoms in total. The summed E-state index contributed by atoms with van der Waals surface area (Å²) in [6, 6.07) is 13.4. The first kappa shape index (κ1) is 52.1. The highest BCUT2D eigenvalue weighted by molar-refractivity contribution is 7.32. The number of unbranched alkanes of at least 4 members (excludes halogenated alkanes) is 12. The maximum atomic E-state index is 13.5. The van der Waals surface area contributed by atoms with E-state index in [1.807, 2.05) is 48.7 Å². The van der Waals surface area contributed by atoms with Crippen LogP contribution >= 0.6 is 79.7 Å². The predicted octanol–water partition coefficient (Wildman–Crippen LogP) is 20.8. The molecular weight excluding hydrogens is 1050 g/mol. The second-order valence-electron chi connectivity index (χ2n) is 19.7. The third kappa shape index (κ3) is 10.1. The molecule has 0 amide bonds. The van der Waals surface area contributed by atoms with Crippen LogP contribution in [0.5, 0.6) is 0 Å². The fourth-order valence-electron chi connectivity index (χ4n) is 10.6. The van der Waals surface area contributed by atoms with E-state index in [-0.39, 0.29) is 11.1 Å². The molecular formula is C56H64N6O4S7. The van der Waals surface area contributed by atoms with Crippen LogP contribution in [0.25, 0.3) is 92.3 Å². The summed E-state index contributed by atoms with van der Waals surface area (Å²) in [7, 11) is 0. The highest BCUT2D eigenvalue weighted by Crippen LogP contribution is 2.56. The van der Waals surface area contributed by atoms with Gasteiger partial charge in [-0.05, 0) is 99.9 Å². The summed E-state index contributed by atoms with van der Waals surface area (Å²) in [5.74, 6) is 0. The summed E-state index contributed by atoms with van der Waals surface area (Å²) < 4.78 is 19.7. The summed E-state index contributed by atoms with van der Waals surface area (Å²) in [4.78, 5) is 34.0. The molecule has 0 bridgehead atoms. The highest BCUT2D eigenvalue weighted by Gasteiger charge is 2.40. The van der Waals surface area contributed by atoms with Crippen molar-refractivity contribution in [3.8, 4) is 40.4 Å². The molecule has 0 fully saturated rings. The zero-order valence-electron chi connectivity index (χ0n) is 42.8. The van der Waals surface area contributed by atoms with Gasteiger partial charge in [-0.3, -0.25) is 20.2 Å². The van der Waals surface area contributed by atoms with Crippen molar-refractivity contribution in [2.45, 2.75) is 170 Å². The van der Waals surface area contributed by atoms with Crippen molar-refractivity contribution < 1.29 is 9.85 Å². The zero-order chi connectivity index (χ0) is 50.9. The Kier molecular flexibility index (Phi) is 16.3. The van der Waals surface area contributed by atoms with Gasteiger partial charge in [0.1, 0.15) is 22.2 Å². The SMILES string of the molecule is CCCCCCc1cc2c(s1)c1sc(-c3sc(-c4c([N+](=O)[O-])c([N+](=O)[O-])c(-c5cc(C)c(-c6cc7c(s6)c6sc(CCCCCC)cc6n7CCCCCC)s5)c5nsnc45)cc3C)cc1n2CCCCCC. The number of nitro groups is 2. The summed E-state index contributed by atoms with van der Waals surface area (Å²) in [6.07, 6.45) is 21.5. The van der Waals surface area contributed by atoms with Crippen molar-refractivity contribution in [1.29, 1.82) is 0 Å². The number of hydrogen-bond donors (Lipinski definition) is 0. The number of benzene rings is 1. The molecule has 0 unspecified atom stereocenters. The molecule has 0 aliphatic heterocycles. The first-order chi connectivity index (χ1) is 35.5. The molecule has 0 spiro atoms. The average molecular weight is 1110 g/mol. The second kappa shape index (κ2) is 22.9. The quantitative estimate of drug-likeness (QED) is 0.0302. The van der Waals surface area contributed by atoms with Crippen LogP contribution in [0.1, 0.15) is 151 Å². The molecule has 17 heteroatoms. The van der Waals surface area contributed by atoms with E-state index in [0.29, 0.717) is 20.8 Å². The van der Waals surface area contributed by atoms with E-state index in [2.05, 4.69) is 61.1 Å². The van der Waals surface area contributed by atoms with Crippen LogP contribution in [0.2, 0.25) is 0 Å². The molecule has 10 aromatic rings. The van der Waals surface area contributed by atoms with Crippen molar-refractivity contribution in [2.75, 3.05) is 0 Å². The number of thiophene rings is 6. The van der Waals surface area contributed by atoms with Gasteiger partial charge in [0, 0.05) is 52.1 Å². The normalized spacial score (nSPS) is 12.2. The number of nitrogens with zero attached hydrogens (tertiary/aromatic N) is 6. The Morgan fingerprint density at radius 1 is 0.452 bits per heavy atom. The van der Waals surface area contributed by atoms with Gasteiger partial charge in [0.05, 0.1) is 62.4 Å². The third-order valence-corrected chi connectivity index (χ3v) is 22.7. The van der Waals surface area contributed by atoms with Gasteiger partial charge in [-0.25, -0.2) is 0 Å². The number of hydrogen-bond acceptors (Lipinski definition) is 13. The molecule has 0 aliphatic rings. The van der Waals surface area contributed by atoms with Crippen molar-refractivity contribution in [1.82, 2.24) is 17.9 Å². The maximum Gasteiger partial charge on any atom is 0.357 e. The monoisotopic (exact) mass is 1110 g/mol. The molecule has 384 valence electrons. The van der Waals surface area contributed by atoms with Gasteiger partial charge in [-0.2, -0.15) is 8.75 Å². The average Bonchev–Trinajstić information content (AvgIpc) is 4.24. The van der Waals surface area contributed by atoms with Crippen LogP contribution in [-0.4, -0.2) is 27.7 Å². The van der Waals surface area contributed by atoms with Crippen molar-refractivity contribution >= 4 is 143 Å². The Morgan fingerprint density at radius 2 is 0.822 bits per heavy atom. The van der Waals surface area contributed by atoms with E-state index in [9.17, 15) is 20.2 Å². The van der Waals surface area contributed by atoms with Crippen LogP contribution in [-0.2, 0) is 25.9 Å². The van der Waals surface area contributed by atoms with Gasteiger partial charge in [0.25, 0.3) is 0 Å². The summed E-state index contributed by atoms with van der Waals surface area (Å²) in [5.41, 5.74) is 6.96. The van der Waals surface area contributed by atoms with E-state index in [0.717, 1.165) is 81.1 Å². The minimum Gasteiger partial charge on any atom is -0.339 e. The van der Waals surface area contributed by atoms with E-state index in [4.69, 9.17) is 8.75 Å². The number of fused-ring (bicyclic) bond motifs is 7. The van der Waals surface area contributed by atoms with Gasteiger partial charge in [-0.15, -0.1) is 68.0 Å². The predicted molar refractivity (Wildman–Crippen MR) is 319 cm³/mol. The summed E-state index contributed by atoms with van der Waals surface area (Å²) in [6.45, 7) is 15.0. The highest BCUT2D eigenvalue weighted by atomic mass is 32.1. The van der Waals surface area contributed by atoms with Crippen LogP contribution in [0, 0.1) is 34.1 Å². The number of rotatable bonds is 26. The summed E-state index contributed by atoms with van der Waals surface area (Å²) >= 11 is 11.3. The Bertz CT molecular complexity index is 3370. The number of aromatic nitrogens is 4. The smallest absolute Gasteiger partial charge is 0.339 e. The van der Waals surface area contributed by atoms with E-state index in [1.54, 1.807) is 22.7 Å². The lowest BCUT2D eigenvalue weighted by atomic mass is 10.00. The first-order valence-electron chi connectivity index (χ1n) is 26.5. The molecule has 0 aliphatic carbocycles. The topological polar surface area (TPSA) is 122 Å². The van der Waals surface area contributed by atoms with E-state index in [1.165, 1.54) is 163 Å². The molecule has 0 saturated heterocycles. The van der Waals surface area contributed by atoms with Crippen LogP contribution in [0.3, 0.4) is 0 Å². The molecule has 9 aromatic heterocycles. The second-order valence-corrected chi connectivity index (χ2v) is 26.7. The standard InChI is InChI=1S/C56H64N6O4S7/c1-7-11-15-19-23-35-29-37-53(67-35)55-39(59(37)25-21-17-13-9-3)31-43(71-55)51-33(5)27-41(69-51)45-47-48(58-73-57-47)46(50(62(65)66)49(45)61(63)64)42-28-34(6)52(70-42)44-32-40-56(72-44)54-38(60(40)26-22-18-14-10-4)30-36(68-54)24-20-16-12-8-2/h27-32H,7-26H2,1-6H3. The first-order valence-corrected chi connectivity index (χ1v) is 32.1. The Hall–Kier alpha value is -4.36. The van der Waals surface area contributed by atoms with Crippen LogP contribution in [0.15, 0.2) is 36.4 Å². The third-order valence-electron chi connectivity index (χ3n) is 14.4. The van der Waals surface area contributed by atoms with Gasteiger partial charge < -0.3 is 9.13 Å². The number of nitro benzene ring substituents is 2. The Morgan fingerprint density at radius 3 is 1.21 bits per heavy atom. The maximum absolute atomic E-state index is 13.5. The van der Waals surface area contributed by atoms with Gasteiger partial charge >= 0.3 is 11.4 Å². The largest absolute Gasteiger partial charge is 0.357 e. The molecule has 1 aromatic carbocycles. The Balaban J connectivity index is 1.04. The molecule has 0 radical (unpaired) electrons. The molecule has 9 heterocycles. The minimum atomic E-state index is -0.574. The van der Waals surface area contributed by atoms with Gasteiger partial charge in [-0.1, -0.05) is 105 Å². The van der Waals surface area contributed by atoms with Crippen LogP contribution in [0.4, 0.5) is 11.4 Å². The molecule has 0 atom stereocenters. The molecule has 0 N–H and O–H groups in total. The Labute approximate surface area is 455 Å². The lowest BCUT2D eigenvalue weighted by Crippen LogP contribution is -2.02. The lowest BCUT2D eigenvalue weighted by molar-refractivity contribution is -0.421. The van der Waals surface area contributed by atoms with E-state index >= 15 is 0 Å². The molecule has 73 heavy (non-hydrogen) atoms. The van der Waals surface area contributed by atoms with E-state index < -0.39 is 21.2 Å². The molecule has 10 rings (SSSR count). The summed E-state index contributed by atoms with van der Waals surface area (Å²) in [5, 5.41) is 26.9. The van der Waals surface area contributed by atoms with Crippen molar-refractivity contribution in [3.63, 3.8) is 0 Å². The zero-order valence-corrected chi connectivity index (χ0v) is 48.5. The molecule has 0 saturated carbocycles. The van der Waals surface area contributed by atoms with Crippen molar-refractivity contribution in [3.05, 3.63) is 77.5 Å². The van der Waals surface area contributed by atoms with Crippen molar-refractivity contribution in [2.24, 2.45) is 0 Å². The fourth-order valence-corrected chi connectivity index (χ4v) is 19.0. The minimum absolute atomic E-state index is 0.164. The lowest BCUT2D eigenvalue weighted by Gasteiger charge is -2.07.